The molecular weight excluding hydrogens is 404 g/mol. The van der Waals surface area contributed by atoms with E-state index < -0.39 is 5.97 Å². The summed E-state index contributed by atoms with van der Waals surface area (Å²) in [4.78, 5) is 38.2. The van der Waals surface area contributed by atoms with Gasteiger partial charge in [-0.1, -0.05) is 48.6 Å². The summed E-state index contributed by atoms with van der Waals surface area (Å²) in [6.45, 7) is 3.35. The van der Waals surface area contributed by atoms with Gasteiger partial charge in [0.15, 0.2) is 0 Å². The maximum absolute atomic E-state index is 12.4. The summed E-state index contributed by atoms with van der Waals surface area (Å²) < 4.78 is 5.43. The van der Waals surface area contributed by atoms with E-state index in [1.54, 1.807) is 36.4 Å². The Morgan fingerprint density at radius 2 is 1.84 bits per heavy atom. The molecular formula is C26H28N2O4. The Balaban J connectivity index is 1.43. The number of likely N-dealkylation sites (tertiary alicyclic amines) is 1. The number of benzene rings is 2. The molecule has 1 saturated heterocycles. The number of hydrogen-bond acceptors (Lipinski definition) is 4. The van der Waals surface area contributed by atoms with E-state index in [2.05, 4.69) is 17.4 Å². The highest BCUT2D eigenvalue weighted by Crippen LogP contribution is 2.19. The average Bonchev–Trinajstić information content (AvgIpc) is 3.17. The molecule has 2 aromatic rings. The molecule has 6 heteroatoms. The molecule has 1 aliphatic heterocycles. The Hall–Kier alpha value is -3.67. The van der Waals surface area contributed by atoms with Gasteiger partial charge in [0.25, 0.3) is 0 Å². The van der Waals surface area contributed by atoms with E-state index in [0.29, 0.717) is 30.8 Å². The van der Waals surface area contributed by atoms with Crippen LogP contribution in [-0.2, 0) is 20.7 Å². The molecule has 3 rings (SSSR count). The molecule has 1 heterocycles. The standard InChI is InChI=1S/C26H28N2O4/c1-2-3-5-10-24(29)27-23-13-11-22(12-14-23)26(31)32-19-21-17-25(30)28(18-21)16-15-20-8-6-4-7-9-20/h2-14,21H,15-19H2,1H3,(H,27,29)/b3-2+,10-5+. The molecule has 0 aliphatic carbocycles. The Labute approximate surface area is 188 Å². The Morgan fingerprint density at radius 1 is 1.09 bits per heavy atom. The molecule has 1 atom stereocenters. The van der Waals surface area contributed by atoms with Crippen molar-refractivity contribution in [2.24, 2.45) is 5.92 Å². The zero-order chi connectivity index (χ0) is 22.8. The van der Waals surface area contributed by atoms with Gasteiger partial charge in [-0.25, -0.2) is 4.79 Å². The number of rotatable bonds is 9. The van der Waals surface area contributed by atoms with Crippen LogP contribution in [0.1, 0.15) is 29.3 Å². The van der Waals surface area contributed by atoms with Crippen molar-refractivity contribution >= 4 is 23.5 Å². The number of carbonyl (C=O) groups excluding carboxylic acids is 3. The number of carbonyl (C=O) groups is 3. The second-order valence-corrected chi connectivity index (χ2v) is 7.70. The first-order chi connectivity index (χ1) is 15.5. The van der Waals surface area contributed by atoms with Crippen LogP contribution in [0.5, 0.6) is 0 Å². The average molecular weight is 433 g/mol. The summed E-state index contributed by atoms with van der Waals surface area (Å²) >= 11 is 0. The van der Waals surface area contributed by atoms with Gasteiger partial charge >= 0.3 is 5.97 Å². The molecule has 1 N–H and O–H groups in total. The van der Waals surface area contributed by atoms with Crippen LogP contribution in [0.3, 0.4) is 0 Å². The molecule has 2 aromatic carbocycles. The van der Waals surface area contributed by atoms with Gasteiger partial charge in [0.1, 0.15) is 0 Å². The van der Waals surface area contributed by atoms with Crippen LogP contribution in [0, 0.1) is 5.92 Å². The van der Waals surface area contributed by atoms with Crippen LogP contribution in [0.4, 0.5) is 5.69 Å². The lowest BCUT2D eigenvalue weighted by molar-refractivity contribution is -0.127. The fourth-order valence-electron chi connectivity index (χ4n) is 3.49. The van der Waals surface area contributed by atoms with Gasteiger partial charge < -0.3 is 15.0 Å². The van der Waals surface area contributed by atoms with Crippen molar-refractivity contribution in [3.63, 3.8) is 0 Å². The number of hydrogen-bond donors (Lipinski definition) is 1. The van der Waals surface area contributed by atoms with Crippen LogP contribution in [-0.4, -0.2) is 42.4 Å². The molecule has 0 aromatic heterocycles. The molecule has 166 valence electrons. The number of ether oxygens (including phenoxy) is 1. The van der Waals surface area contributed by atoms with Gasteiger partial charge in [0.2, 0.25) is 11.8 Å². The third-order valence-corrected chi connectivity index (χ3v) is 5.20. The third-order valence-electron chi connectivity index (χ3n) is 5.20. The SMILES string of the molecule is C/C=C/C=C/C(=O)Nc1ccc(C(=O)OCC2CC(=O)N(CCc3ccccc3)C2)cc1. The normalized spacial score (nSPS) is 16.1. The van der Waals surface area contributed by atoms with Gasteiger partial charge in [0.05, 0.1) is 12.2 Å². The fraction of sp³-hybridized carbons (Fsp3) is 0.269. The van der Waals surface area contributed by atoms with E-state index in [0.717, 1.165) is 6.42 Å². The van der Waals surface area contributed by atoms with Crippen molar-refractivity contribution in [1.29, 1.82) is 0 Å². The summed E-state index contributed by atoms with van der Waals surface area (Å²) in [7, 11) is 0. The molecule has 0 radical (unpaired) electrons. The van der Waals surface area contributed by atoms with Crippen LogP contribution in [0.15, 0.2) is 78.9 Å². The minimum Gasteiger partial charge on any atom is -0.462 e. The number of amides is 2. The largest absolute Gasteiger partial charge is 0.462 e. The summed E-state index contributed by atoms with van der Waals surface area (Å²) in [6, 6.07) is 16.6. The third kappa shape index (κ3) is 6.94. The zero-order valence-corrected chi connectivity index (χ0v) is 18.2. The first-order valence-corrected chi connectivity index (χ1v) is 10.7. The summed E-state index contributed by atoms with van der Waals surface area (Å²) in [6.07, 6.45) is 7.87. The predicted molar refractivity (Wildman–Crippen MR) is 124 cm³/mol. The summed E-state index contributed by atoms with van der Waals surface area (Å²) in [5.41, 5.74) is 2.19. The molecule has 6 nitrogen and oxygen atoms in total. The van der Waals surface area contributed by atoms with Crippen LogP contribution in [0.2, 0.25) is 0 Å². The smallest absolute Gasteiger partial charge is 0.338 e. The maximum Gasteiger partial charge on any atom is 0.338 e. The Bertz CT molecular complexity index is 981. The summed E-state index contributed by atoms with van der Waals surface area (Å²) in [5, 5.41) is 2.72. The maximum atomic E-state index is 12.4. The van der Waals surface area contributed by atoms with Gasteiger partial charge in [-0.2, -0.15) is 0 Å². The molecule has 2 amide bonds. The number of nitrogens with one attached hydrogen (secondary N) is 1. The number of esters is 1. The number of anilines is 1. The van der Waals surface area contributed by atoms with Gasteiger partial charge in [-0.15, -0.1) is 0 Å². The van der Waals surface area contributed by atoms with Crippen LogP contribution in [0.25, 0.3) is 0 Å². The van der Waals surface area contributed by atoms with Gasteiger partial charge in [-0.05, 0) is 43.2 Å². The Morgan fingerprint density at radius 3 is 2.56 bits per heavy atom. The fourth-order valence-corrected chi connectivity index (χ4v) is 3.49. The molecule has 1 fully saturated rings. The second kappa shape index (κ2) is 11.6. The molecule has 1 aliphatic rings. The predicted octanol–water partition coefficient (Wildman–Crippen LogP) is 4.01. The van der Waals surface area contributed by atoms with Crippen molar-refractivity contribution in [1.82, 2.24) is 4.90 Å². The highest BCUT2D eigenvalue weighted by atomic mass is 16.5. The van der Waals surface area contributed by atoms with Crippen LogP contribution >= 0.6 is 0 Å². The summed E-state index contributed by atoms with van der Waals surface area (Å²) in [5.74, 6) is -0.581. The van der Waals surface area contributed by atoms with E-state index in [1.165, 1.54) is 11.6 Å². The van der Waals surface area contributed by atoms with Crippen molar-refractivity contribution in [3.05, 3.63) is 90.0 Å². The van der Waals surface area contributed by atoms with Gasteiger partial charge in [-0.3, -0.25) is 9.59 Å². The highest BCUT2D eigenvalue weighted by molar-refractivity contribution is 5.99. The lowest BCUT2D eigenvalue weighted by atomic mass is 10.1. The number of nitrogens with zero attached hydrogens (tertiary/aromatic N) is 1. The quantitative estimate of drug-likeness (QED) is 0.369. The lowest BCUT2D eigenvalue weighted by Gasteiger charge is -2.16. The number of allylic oxidation sites excluding steroid dienone is 3. The highest BCUT2D eigenvalue weighted by Gasteiger charge is 2.30. The first kappa shape index (κ1) is 23.0. The lowest BCUT2D eigenvalue weighted by Crippen LogP contribution is -2.28. The van der Waals surface area contributed by atoms with Crippen LogP contribution < -0.4 is 5.32 Å². The van der Waals surface area contributed by atoms with Crippen molar-refractivity contribution in [3.8, 4) is 0 Å². The molecule has 1 unspecified atom stereocenters. The monoisotopic (exact) mass is 432 g/mol. The first-order valence-electron chi connectivity index (χ1n) is 10.7. The Kier molecular flexibility index (Phi) is 8.37. The van der Waals surface area contributed by atoms with E-state index in [1.807, 2.05) is 36.1 Å². The van der Waals surface area contributed by atoms with E-state index >= 15 is 0 Å². The van der Waals surface area contributed by atoms with Crippen molar-refractivity contribution in [2.45, 2.75) is 19.8 Å². The topological polar surface area (TPSA) is 75.7 Å². The minimum atomic E-state index is -0.439. The second-order valence-electron chi connectivity index (χ2n) is 7.70. The van der Waals surface area contributed by atoms with E-state index in [9.17, 15) is 14.4 Å². The van der Waals surface area contributed by atoms with E-state index in [-0.39, 0.29) is 24.3 Å². The minimum absolute atomic E-state index is 0.00439. The molecule has 0 spiro atoms. The zero-order valence-electron chi connectivity index (χ0n) is 18.2. The van der Waals surface area contributed by atoms with Gasteiger partial charge in [0, 0.05) is 37.2 Å². The molecule has 0 saturated carbocycles. The molecule has 32 heavy (non-hydrogen) atoms. The van der Waals surface area contributed by atoms with E-state index in [4.69, 9.17) is 4.74 Å². The van der Waals surface area contributed by atoms with Crippen molar-refractivity contribution in [2.75, 3.05) is 25.0 Å². The molecule has 0 bridgehead atoms. The van der Waals surface area contributed by atoms with Crippen molar-refractivity contribution < 1.29 is 19.1 Å².